The van der Waals surface area contributed by atoms with Gasteiger partial charge in [0.15, 0.2) is 5.11 Å². The molecule has 0 radical (unpaired) electrons. The van der Waals surface area contributed by atoms with Gasteiger partial charge in [0.25, 0.3) is 0 Å². The highest BCUT2D eigenvalue weighted by atomic mass is 32.1. The summed E-state index contributed by atoms with van der Waals surface area (Å²) in [5, 5.41) is 6.28. The molecular weight excluding hydrogens is 268 g/mol. The standard InChI is InChI=1S/C16H24N2OS/c1-5-6-10-14(19)17-16(20)18-15-12(4)8-7-9-13(15)11(2)3/h7-9,11H,5-6,10H2,1-4H3,(H2,17,18,19,20). The monoisotopic (exact) mass is 292 g/mol. The molecule has 0 aliphatic rings. The molecule has 20 heavy (non-hydrogen) atoms. The fraction of sp³-hybridized carbons (Fsp3) is 0.500. The van der Waals surface area contributed by atoms with Crippen LogP contribution in [0.25, 0.3) is 0 Å². The van der Waals surface area contributed by atoms with Crippen molar-refractivity contribution in [3.63, 3.8) is 0 Å². The lowest BCUT2D eigenvalue weighted by molar-refractivity contribution is -0.119. The van der Waals surface area contributed by atoms with Crippen molar-refractivity contribution >= 4 is 28.9 Å². The topological polar surface area (TPSA) is 41.1 Å². The summed E-state index contributed by atoms with van der Waals surface area (Å²) in [6, 6.07) is 6.16. The first-order valence-corrected chi connectivity index (χ1v) is 7.56. The average Bonchev–Trinajstić information content (AvgIpc) is 2.38. The summed E-state index contributed by atoms with van der Waals surface area (Å²) in [7, 11) is 0. The van der Waals surface area contributed by atoms with Gasteiger partial charge in [-0.2, -0.15) is 0 Å². The molecule has 0 saturated heterocycles. The van der Waals surface area contributed by atoms with Crippen molar-refractivity contribution in [3.8, 4) is 0 Å². The van der Waals surface area contributed by atoms with Gasteiger partial charge in [-0.3, -0.25) is 4.79 Å². The molecule has 0 saturated carbocycles. The number of hydrogen-bond donors (Lipinski definition) is 2. The molecule has 0 unspecified atom stereocenters. The maximum Gasteiger partial charge on any atom is 0.226 e. The van der Waals surface area contributed by atoms with Crippen LogP contribution in [-0.2, 0) is 4.79 Å². The normalized spacial score (nSPS) is 10.4. The number of para-hydroxylation sites is 1. The third kappa shape index (κ3) is 4.93. The Morgan fingerprint density at radius 2 is 2.05 bits per heavy atom. The number of carbonyl (C=O) groups excluding carboxylic acids is 1. The lowest BCUT2D eigenvalue weighted by Gasteiger charge is -2.18. The van der Waals surface area contributed by atoms with Crippen molar-refractivity contribution < 1.29 is 4.79 Å². The fourth-order valence-corrected chi connectivity index (χ4v) is 2.23. The highest BCUT2D eigenvalue weighted by molar-refractivity contribution is 7.80. The molecule has 0 aliphatic heterocycles. The molecule has 0 aliphatic carbocycles. The first kappa shape index (κ1) is 16.6. The lowest BCUT2D eigenvalue weighted by atomic mass is 9.98. The Balaban J connectivity index is 2.73. The van der Waals surface area contributed by atoms with Gasteiger partial charge in [0.05, 0.1) is 0 Å². The van der Waals surface area contributed by atoms with Crippen LogP contribution in [0.4, 0.5) is 5.69 Å². The van der Waals surface area contributed by atoms with Gasteiger partial charge in [-0.25, -0.2) is 0 Å². The van der Waals surface area contributed by atoms with E-state index in [1.54, 1.807) is 0 Å². The van der Waals surface area contributed by atoms with Crippen molar-refractivity contribution in [2.45, 2.75) is 52.9 Å². The Kier molecular flexibility index (Phi) is 6.65. The number of rotatable bonds is 5. The molecule has 2 N–H and O–H groups in total. The molecule has 1 rings (SSSR count). The third-order valence-corrected chi connectivity index (χ3v) is 3.38. The van der Waals surface area contributed by atoms with Crippen LogP contribution in [0.5, 0.6) is 0 Å². The largest absolute Gasteiger partial charge is 0.332 e. The first-order valence-electron chi connectivity index (χ1n) is 7.16. The van der Waals surface area contributed by atoms with E-state index in [2.05, 4.69) is 37.5 Å². The molecule has 0 aromatic heterocycles. The summed E-state index contributed by atoms with van der Waals surface area (Å²) >= 11 is 5.23. The molecule has 0 fully saturated rings. The average molecular weight is 292 g/mol. The van der Waals surface area contributed by atoms with E-state index in [1.165, 1.54) is 5.56 Å². The fourth-order valence-electron chi connectivity index (χ4n) is 2.01. The number of nitrogens with one attached hydrogen (secondary N) is 2. The Morgan fingerprint density at radius 3 is 2.65 bits per heavy atom. The van der Waals surface area contributed by atoms with Gasteiger partial charge in [-0.1, -0.05) is 45.4 Å². The second-order valence-electron chi connectivity index (χ2n) is 5.30. The number of amides is 1. The van der Waals surface area contributed by atoms with Crippen LogP contribution in [0.1, 0.15) is 57.1 Å². The number of thiocarbonyl (C=S) groups is 1. The van der Waals surface area contributed by atoms with Crippen LogP contribution in [0.15, 0.2) is 18.2 Å². The Bertz CT molecular complexity index is 483. The van der Waals surface area contributed by atoms with Crippen molar-refractivity contribution in [1.29, 1.82) is 0 Å². The lowest BCUT2D eigenvalue weighted by Crippen LogP contribution is -2.34. The molecule has 0 spiro atoms. The summed E-state index contributed by atoms with van der Waals surface area (Å²) in [4.78, 5) is 11.7. The molecular formula is C16H24N2OS. The summed E-state index contributed by atoms with van der Waals surface area (Å²) in [5.41, 5.74) is 3.33. The molecule has 1 aromatic carbocycles. The number of anilines is 1. The predicted molar refractivity (Wildman–Crippen MR) is 89.2 cm³/mol. The minimum atomic E-state index is -0.0240. The summed E-state index contributed by atoms with van der Waals surface area (Å²) in [6.07, 6.45) is 2.40. The van der Waals surface area contributed by atoms with Gasteiger partial charge in [0.1, 0.15) is 0 Å². The highest BCUT2D eigenvalue weighted by Crippen LogP contribution is 2.27. The number of benzene rings is 1. The van der Waals surface area contributed by atoms with E-state index in [1.807, 2.05) is 19.1 Å². The van der Waals surface area contributed by atoms with Crippen LogP contribution in [-0.4, -0.2) is 11.0 Å². The molecule has 0 atom stereocenters. The second kappa shape index (κ2) is 8.00. The molecule has 0 bridgehead atoms. The van der Waals surface area contributed by atoms with E-state index in [9.17, 15) is 4.79 Å². The Hall–Kier alpha value is -1.42. The van der Waals surface area contributed by atoms with E-state index < -0.39 is 0 Å². The van der Waals surface area contributed by atoms with Crippen LogP contribution in [0.2, 0.25) is 0 Å². The van der Waals surface area contributed by atoms with Gasteiger partial charge in [0, 0.05) is 12.1 Å². The zero-order valence-electron chi connectivity index (χ0n) is 12.7. The summed E-state index contributed by atoms with van der Waals surface area (Å²) in [6.45, 7) is 8.38. The smallest absolute Gasteiger partial charge is 0.226 e. The van der Waals surface area contributed by atoms with Crippen molar-refractivity contribution in [2.24, 2.45) is 0 Å². The number of hydrogen-bond acceptors (Lipinski definition) is 2. The second-order valence-corrected chi connectivity index (χ2v) is 5.71. The van der Waals surface area contributed by atoms with Gasteiger partial charge in [-0.05, 0) is 42.6 Å². The van der Waals surface area contributed by atoms with Gasteiger partial charge >= 0.3 is 0 Å². The van der Waals surface area contributed by atoms with Gasteiger partial charge in [0.2, 0.25) is 5.91 Å². The van der Waals surface area contributed by atoms with E-state index in [0.717, 1.165) is 24.1 Å². The van der Waals surface area contributed by atoms with Crippen molar-refractivity contribution in [3.05, 3.63) is 29.3 Å². The first-order chi connectivity index (χ1) is 9.45. The maximum absolute atomic E-state index is 11.7. The maximum atomic E-state index is 11.7. The van der Waals surface area contributed by atoms with Crippen LogP contribution in [0.3, 0.4) is 0 Å². The molecule has 3 nitrogen and oxygen atoms in total. The minimum Gasteiger partial charge on any atom is -0.332 e. The molecule has 1 aromatic rings. The van der Waals surface area contributed by atoms with Crippen molar-refractivity contribution in [2.75, 3.05) is 5.32 Å². The van der Waals surface area contributed by atoms with Crippen LogP contribution < -0.4 is 10.6 Å². The van der Waals surface area contributed by atoms with Gasteiger partial charge < -0.3 is 10.6 Å². The molecule has 110 valence electrons. The molecule has 0 heterocycles. The van der Waals surface area contributed by atoms with Gasteiger partial charge in [-0.15, -0.1) is 0 Å². The van der Waals surface area contributed by atoms with Crippen molar-refractivity contribution in [1.82, 2.24) is 5.32 Å². The van der Waals surface area contributed by atoms with E-state index in [4.69, 9.17) is 12.2 Å². The zero-order valence-corrected chi connectivity index (χ0v) is 13.6. The Morgan fingerprint density at radius 1 is 1.35 bits per heavy atom. The van der Waals surface area contributed by atoms with E-state index in [-0.39, 0.29) is 5.91 Å². The number of aryl methyl sites for hydroxylation is 1. The quantitative estimate of drug-likeness (QED) is 0.802. The number of unbranched alkanes of at least 4 members (excludes halogenated alkanes) is 1. The molecule has 1 amide bonds. The summed E-state index contributed by atoms with van der Waals surface area (Å²) < 4.78 is 0. The summed E-state index contributed by atoms with van der Waals surface area (Å²) in [5.74, 6) is 0.375. The predicted octanol–water partition coefficient (Wildman–Crippen LogP) is 4.12. The van der Waals surface area contributed by atoms with Crippen LogP contribution >= 0.6 is 12.2 Å². The van der Waals surface area contributed by atoms with E-state index in [0.29, 0.717) is 17.5 Å². The zero-order chi connectivity index (χ0) is 15.1. The Labute approximate surface area is 127 Å². The molecule has 4 heteroatoms. The van der Waals surface area contributed by atoms with E-state index >= 15 is 0 Å². The highest BCUT2D eigenvalue weighted by Gasteiger charge is 2.11. The SMILES string of the molecule is CCCCC(=O)NC(=S)Nc1c(C)cccc1C(C)C. The number of carbonyl (C=O) groups is 1. The third-order valence-electron chi connectivity index (χ3n) is 3.18. The minimum absolute atomic E-state index is 0.0240. The van der Waals surface area contributed by atoms with Crippen LogP contribution in [0, 0.1) is 6.92 Å².